The first-order valence-corrected chi connectivity index (χ1v) is 10.6. The van der Waals surface area contributed by atoms with Gasteiger partial charge in [0, 0.05) is 6.07 Å². The van der Waals surface area contributed by atoms with Gasteiger partial charge in [-0.1, -0.05) is 38.3 Å². The van der Waals surface area contributed by atoms with Crippen LogP contribution in [0.1, 0.15) is 69.8 Å². The van der Waals surface area contributed by atoms with Gasteiger partial charge in [-0.15, -0.1) is 0 Å². The van der Waals surface area contributed by atoms with E-state index in [4.69, 9.17) is 4.74 Å². The highest BCUT2D eigenvalue weighted by Gasteiger charge is 2.36. The van der Waals surface area contributed by atoms with Gasteiger partial charge < -0.3 is 4.74 Å². The SMILES string of the molecule is CCCC1CCC2C[C@H](c3ccc4cc(OC)cc(F)c4c3F)CC[C@@H]2C1. The van der Waals surface area contributed by atoms with Crippen molar-refractivity contribution in [3.8, 4) is 5.75 Å². The van der Waals surface area contributed by atoms with E-state index in [2.05, 4.69) is 6.92 Å². The Balaban J connectivity index is 1.57. The standard InChI is InChI=1S/C24H30F2O/c1-3-4-15-5-6-17-12-18(8-7-16(17)11-15)21-10-9-19-13-20(27-2)14-22(25)23(19)24(21)26/h9-10,13-18H,3-8,11-12H2,1-2H3/t15?,16-,17?,18-/m1/s1. The second-order valence-electron chi connectivity index (χ2n) is 8.67. The van der Waals surface area contributed by atoms with Gasteiger partial charge in [-0.25, -0.2) is 8.78 Å². The summed E-state index contributed by atoms with van der Waals surface area (Å²) in [5.41, 5.74) is 0.709. The minimum atomic E-state index is -0.530. The molecule has 0 heterocycles. The molecule has 2 aromatic rings. The predicted molar refractivity (Wildman–Crippen MR) is 106 cm³/mol. The molecular formula is C24H30F2O. The molecule has 0 aromatic heterocycles. The molecule has 27 heavy (non-hydrogen) atoms. The Morgan fingerprint density at radius 2 is 1.78 bits per heavy atom. The molecular weight excluding hydrogens is 342 g/mol. The Morgan fingerprint density at radius 3 is 2.56 bits per heavy atom. The van der Waals surface area contributed by atoms with Gasteiger partial charge >= 0.3 is 0 Å². The Hall–Kier alpha value is -1.64. The van der Waals surface area contributed by atoms with E-state index in [-0.39, 0.29) is 17.1 Å². The van der Waals surface area contributed by atoms with E-state index in [1.807, 2.05) is 12.1 Å². The molecule has 0 saturated heterocycles. The first-order chi connectivity index (χ1) is 13.1. The Morgan fingerprint density at radius 1 is 1.00 bits per heavy atom. The average molecular weight is 372 g/mol. The Bertz CT molecular complexity index is 816. The van der Waals surface area contributed by atoms with Crippen LogP contribution < -0.4 is 4.74 Å². The van der Waals surface area contributed by atoms with Gasteiger partial charge in [-0.05, 0) is 72.8 Å². The van der Waals surface area contributed by atoms with Crippen molar-refractivity contribution < 1.29 is 13.5 Å². The fourth-order valence-electron chi connectivity index (χ4n) is 5.73. The third-order valence-corrected chi connectivity index (χ3v) is 7.10. The first kappa shape index (κ1) is 18.7. The Kier molecular flexibility index (Phi) is 5.39. The summed E-state index contributed by atoms with van der Waals surface area (Å²) >= 11 is 0. The maximum absolute atomic E-state index is 15.3. The minimum absolute atomic E-state index is 0.113. The largest absolute Gasteiger partial charge is 0.497 e. The highest BCUT2D eigenvalue weighted by atomic mass is 19.1. The molecule has 146 valence electrons. The van der Waals surface area contributed by atoms with E-state index in [1.165, 1.54) is 51.7 Å². The van der Waals surface area contributed by atoms with Crippen LogP contribution in [0.5, 0.6) is 5.75 Å². The average Bonchev–Trinajstić information content (AvgIpc) is 2.67. The molecule has 0 spiro atoms. The maximum atomic E-state index is 15.3. The zero-order chi connectivity index (χ0) is 19.0. The van der Waals surface area contributed by atoms with E-state index in [0.29, 0.717) is 22.6 Å². The number of hydrogen-bond acceptors (Lipinski definition) is 1. The summed E-state index contributed by atoms with van der Waals surface area (Å²) in [4.78, 5) is 0. The zero-order valence-corrected chi connectivity index (χ0v) is 16.4. The van der Waals surface area contributed by atoms with Crippen molar-refractivity contribution in [3.05, 3.63) is 41.5 Å². The number of methoxy groups -OCH3 is 1. The minimum Gasteiger partial charge on any atom is -0.497 e. The van der Waals surface area contributed by atoms with Crippen molar-refractivity contribution in [1.29, 1.82) is 0 Å². The van der Waals surface area contributed by atoms with Crippen LogP contribution in [-0.4, -0.2) is 7.11 Å². The summed E-state index contributed by atoms with van der Waals surface area (Å²) in [5, 5.41) is 0.684. The zero-order valence-electron chi connectivity index (χ0n) is 16.4. The van der Waals surface area contributed by atoms with Crippen LogP contribution in [0.2, 0.25) is 0 Å². The molecule has 0 amide bonds. The lowest BCUT2D eigenvalue weighted by molar-refractivity contribution is 0.113. The van der Waals surface area contributed by atoms with E-state index in [1.54, 1.807) is 6.07 Å². The summed E-state index contributed by atoms with van der Waals surface area (Å²) in [5.74, 6) is 2.18. The Labute approximate surface area is 161 Å². The molecule has 0 radical (unpaired) electrons. The van der Waals surface area contributed by atoms with E-state index >= 15 is 4.39 Å². The van der Waals surface area contributed by atoms with Crippen LogP contribution in [0.4, 0.5) is 8.78 Å². The van der Waals surface area contributed by atoms with Crippen LogP contribution in [0.25, 0.3) is 10.8 Å². The topological polar surface area (TPSA) is 9.23 Å². The smallest absolute Gasteiger partial charge is 0.137 e. The summed E-state index contributed by atoms with van der Waals surface area (Å²) < 4.78 is 34.9. The number of halogens is 2. The van der Waals surface area contributed by atoms with E-state index in [0.717, 1.165) is 24.7 Å². The van der Waals surface area contributed by atoms with E-state index < -0.39 is 5.82 Å². The lowest BCUT2D eigenvalue weighted by Crippen LogP contribution is -2.30. The molecule has 2 fully saturated rings. The second-order valence-corrected chi connectivity index (χ2v) is 8.67. The molecule has 2 unspecified atom stereocenters. The van der Waals surface area contributed by atoms with Gasteiger partial charge in [0.2, 0.25) is 0 Å². The summed E-state index contributed by atoms with van der Waals surface area (Å²) in [6.45, 7) is 2.28. The van der Waals surface area contributed by atoms with Crippen molar-refractivity contribution in [1.82, 2.24) is 0 Å². The quantitative estimate of drug-likeness (QED) is 0.550. The number of rotatable bonds is 4. The summed E-state index contributed by atoms with van der Waals surface area (Å²) in [6.07, 6.45) is 9.89. The van der Waals surface area contributed by atoms with Gasteiger partial charge in [0.05, 0.1) is 12.5 Å². The number of fused-ring (bicyclic) bond motifs is 2. The summed E-state index contributed by atoms with van der Waals surface area (Å²) in [6, 6.07) is 6.71. The molecule has 4 atom stereocenters. The lowest BCUT2D eigenvalue weighted by atomic mass is 9.63. The van der Waals surface area contributed by atoms with Crippen molar-refractivity contribution in [3.63, 3.8) is 0 Å². The van der Waals surface area contributed by atoms with Crippen LogP contribution in [0, 0.1) is 29.4 Å². The fraction of sp³-hybridized carbons (Fsp3) is 0.583. The van der Waals surface area contributed by atoms with Crippen molar-refractivity contribution >= 4 is 10.8 Å². The monoisotopic (exact) mass is 372 g/mol. The first-order valence-electron chi connectivity index (χ1n) is 10.6. The van der Waals surface area contributed by atoms with Crippen LogP contribution in [0.3, 0.4) is 0 Å². The van der Waals surface area contributed by atoms with Crippen molar-refractivity contribution in [2.75, 3.05) is 7.11 Å². The highest BCUT2D eigenvalue weighted by molar-refractivity contribution is 5.86. The highest BCUT2D eigenvalue weighted by Crippen LogP contribution is 2.49. The maximum Gasteiger partial charge on any atom is 0.137 e. The predicted octanol–water partition coefficient (Wildman–Crippen LogP) is 7.23. The number of hydrogen-bond donors (Lipinski definition) is 0. The molecule has 1 nitrogen and oxygen atoms in total. The molecule has 2 saturated carbocycles. The lowest BCUT2D eigenvalue weighted by Gasteiger charge is -2.42. The molecule has 0 aliphatic heterocycles. The molecule has 2 aliphatic carbocycles. The van der Waals surface area contributed by atoms with Crippen molar-refractivity contribution in [2.24, 2.45) is 17.8 Å². The van der Waals surface area contributed by atoms with Crippen LogP contribution in [0.15, 0.2) is 24.3 Å². The van der Waals surface area contributed by atoms with Crippen LogP contribution in [-0.2, 0) is 0 Å². The van der Waals surface area contributed by atoms with Crippen molar-refractivity contribution in [2.45, 2.75) is 64.2 Å². The van der Waals surface area contributed by atoms with Gasteiger partial charge in [0.1, 0.15) is 17.4 Å². The molecule has 3 heteroatoms. The molecule has 4 rings (SSSR count). The molecule has 2 aliphatic rings. The van der Waals surface area contributed by atoms with Gasteiger partial charge in [-0.2, -0.15) is 0 Å². The molecule has 0 N–H and O–H groups in total. The van der Waals surface area contributed by atoms with E-state index in [9.17, 15) is 4.39 Å². The number of benzene rings is 2. The fourth-order valence-corrected chi connectivity index (χ4v) is 5.73. The second kappa shape index (κ2) is 7.77. The third-order valence-electron chi connectivity index (χ3n) is 7.10. The third kappa shape index (κ3) is 3.58. The molecule has 2 aromatic carbocycles. The molecule has 0 bridgehead atoms. The van der Waals surface area contributed by atoms with Gasteiger partial charge in [-0.3, -0.25) is 0 Å². The normalized spacial score (nSPS) is 28.1. The van der Waals surface area contributed by atoms with Crippen LogP contribution >= 0.6 is 0 Å². The number of ether oxygens (including phenoxy) is 1. The van der Waals surface area contributed by atoms with Gasteiger partial charge in [0.15, 0.2) is 0 Å². The summed E-state index contributed by atoms with van der Waals surface area (Å²) in [7, 11) is 1.50. The van der Waals surface area contributed by atoms with Gasteiger partial charge in [0.25, 0.3) is 0 Å².